The highest BCUT2D eigenvalue weighted by Gasteiger charge is 2.36. The third-order valence-corrected chi connectivity index (χ3v) is 6.00. The van der Waals surface area contributed by atoms with Gasteiger partial charge in [-0.1, -0.05) is 0 Å². The Kier molecular flexibility index (Phi) is 8.52. The fraction of sp³-hybridized carbons (Fsp3) is 0.500. The zero-order valence-electron chi connectivity index (χ0n) is 22.2. The number of carbonyl (C=O) groups excluding carboxylic acids is 2. The molecule has 1 saturated heterocycles. The molecule has 1 fully saturated rings. The Balaban J connectivity index is 1.60. The van der Waals surface area contributed by atoms with Crippen molar-refractivity contribution in [1.82, 2.24) is 35.3 Å². The van der Waals surface area contributed by atoms with Gasteiger partial charge in [0.25, 0.3) is 5.91 Å². The van der Waals surface area contributed by atoms with E-state index in [0.717, 1.165) is 13.1 Å². The normalized spacial score (nSPS) is 15.3. The van der Waals surface area contributed by atoms with Crippen LogP contribution in [-0.4, -0.2) is 86.8 Å². The van der Waals surface area contributed by atoms with E-state index in [2.05, 4.69) is 25.6 Å². The van der Waals surface area contributed by atoms with E-state index < -0.39 is 11.6 Å². The minimum absolute atomic E-state index is 0.240. The van der Waals surface area contributed by atoms with Crippen LogP contribution in [0.3, 0.4) is 0 Å². The van der Waals surface area contributed by atoms with E-state index >= 15 is 0 Å². The maximum atomic E-state index is 13.8. The highest BCUT2D eigenvalue weighted by atomic mass is 19.1. The summed E-state index contributed by atoms with van der Waals surface area (Å²) in [5.41, 5.74) is 0.0516. The molecule has 2 amide bonds. The van der Waals surface area contributed by atoms with Crippen LogP contribution < -0.4 is 5.32 Å². The van der Waals surface area contributed by atoms with Crippen molar-refractivity contribution >= 4 is 11.8 Å². The molecule has 11 nitrogen and oxygen atoms in total. The van der Waals surface area contributed by atoms with E-state index in [-0.39, 0.29) is 36.5 Å². The lowest BCUT2D eigenvalue weighted by atomic mass is 10.1. The molecule has 1 aliphatic heterocycles. The molecule has 1 aliphatic rings. The highest BCUT2D eigenvalue weighted by molar-refractivity contribution is 5.88. The van der Waals surface area contributed by atoms with Gasteiger partial charge >= 0.3 is 0 Å². The minimum Gasteiger partial charge on any atom is -0.464 e. The monoisotopic (exact) mass is 527 g/mol. The third-order valence-electron chi connectivity index (χ3n) is 6.00. The largest absolute Gasteiger partial charge is 0.464 e. The van der Waals surface area contributed by atoms with Crippen molar-refractivity contribution in [2.75, 3.05) is 39.4 Å². The lowest BCUT2D eigenvalue weighted by molar-refractivity contribution is -0.143. The molecule has 12 heteroatoms. The fourth-order valence-corrected chi connectivity index (χ4v) is 4.17. The van der Waals surface area contributed by atoms with Gasteiger partial charge in [-0.05, 0) is 69.3 Å². The van der Waals surface area contributed by atoms with Crippen LogP contribution in [0.5, 0.6) is 0 Å². The zero-order chi connectivity index (χ0) is 27.3. The molecule has 0 aliphatic carbocycles. The van der Waals surface area contributed by atoms with E-state index in [0.29, 0.717) is 36.8 Å². The topological polar surface area (TPSA) is 119 Å². The summed E-state index contributed by atoms with van der Waals surface area (Å²) in [6.45, 7) is 10.7. The molecule has 38 heavy (non-hydrogen) atoms. The number of halogens is 1. The number of nitrogens with zero attached hydrogens (tertiary/aromatic N) is 6. The van der Waals surface area contributed by atoms with Gasteiger partial charge in [-0.15, -0.1) is 10.2 Å². The lowest BCUT2D eigenvalue weighted by Gasteiger charge is -2.34. The molecule has 0 radical (unpaired) electrons. The molecule has 4 rings (SSSR count). The van der Waals surface area contributed by atoms with Crippen LogP contribution in [0.4, 0.5) is 4.39 Å². The molecule has 1 unspecified atom stereocenters. The first-order valence-corrected chi connectivity index (χ1v) is 12.6. The van der Waals surface area contributed by atoms with Gasteiger partial charge in [0, 0.05) is 37.3 Å². The molecule has 1 aromatic carbocycles. The molecule has 2 aromatic heterocycles. The van der Waals surface area contributed by atoms with Crippen LogP contribution in [0, 0.1) is 12.7 Å². The maximum absolute atomic E-state index is 13.8. The van der Waals surface area contributed by atoms with Gasteiger partial charge in [-0.3, -0.25) is 14.5 Å². The maximum Gasteiger partial charge on any atom is 0.251 e. The van der Waals surface area contributed by atoms with Crippen LogP contribution in [0.25, 0.3) is 11.4 Å². The van der Waals surface area contributed by atoms with E-state index in [9.17, 15) is 14.0 Å². The second kappa shape index (κ2) is 11.8. The second-order valence-corrected chi connectivity index (χ2v) is 10.3. The summed E-state index contributed by atoms with van der Waals surface area (Å²) < 4.78 is 24.6. The Morgan fingerprint density at radius 2 is 1.84 bits per heavy atom. The number of morpholine rings is 1. The summed E-state index contributed by atoms with van der Waals surface area (Å²) in [5, 5.41) is 15.3. The number of hydrogen-bond acceptors (Lipinski definition) is 8. The quantitative estimate of drug-likeness (QED) is 0.450. The predicted molar refractivity (Wildman–Crippen MR) is 136 cm³/mol. The number of amides is 2. The van der Waals surface area contributed by atoms with Gasteiger partial charge in [-0.2, -0.15) is 4.80 Å². The summed E-state index contributed by atoms with van der Waals surface area (Å²) >= 11 is 0. The number of hydrogen-bond donors (Lipinski definition) is 1. The predicted octanol–water partition coefficient (Wildman–Crippen LogP) is 2.20. The Morgan fingerprint density at radius 3 is 2.47 bits per heavy atom. The van der Waals surface area contributed by atoms with Crippen molar-refractivity contribution in [3.05, 3.63) is 53.7 Å². The molecule has 0 bridgehead atoms. The number of tetrazole rings is 1. The Bertz CT molecular complexity index is 1230. The standard InChI is InChI=1S/C26H34FN7O4/c1-18-5-10-21(38-18)23(25(36)28-26(2,3)4)33(12-11-32-13-15-37-16-14-32)22(35)17-34-30-24(29-31-34)19-6-8-20(27)9-7-19/h5-10,23H,11-17H2,1-4H3,(H,28,36). The molecule has 0 saturated carbocycles. The number of rotatable bonds is 9. The van der Waals surface area contributed by atoms with Crippen molar-refractivity contribution in [2.45, 2.75) is 45.8 Å². The van der Waals surface area contributed by atoms with Crippen LogP contribution >= 0.6 is 0 Å². The van der Waals surface area contributed by atoms with Gasteiger partial charge in [0.2, 0.25) is 11.7 Å². The van der Waals surface area contributed by atoms with E-state index in [1.54, 1.807) is 31.2 Å². The van der Waals surface area contributed by atoms with Crippen LogP contribution in [0.2, 0.25) is 0 Å². The van der Waals surface area contributed by atoms with Crippen molar-refractivity contribution < 1.29 is 23.1 Å². The molecule has 204 valence electrons. The number of benzene rings is 1. The summed E-state index contributed by atoms with van der Waals surface area (Å²) in [4.78, 5) is 32.2. The number of carbonyl (C=O) groups is 2. The number of ether oxygens (including phenoxy) is 1. The Labute approximate surface area is 220 Å². The smallest absolute Gasteiger partial charge is 0.251 e. The second-order valence-electron chi connectivity index (χ2n) is 10.3. The first-order chi connectivity index (χ1) is 18.1. The van der Waals surface area contributed by atoms with E-state index in [1.807, 2.05) is 20.8 Å². The molecule has 3 aromatic rings. The molecule has 1 atom stereocenters. The third kappa shape index (κ3) is 7.23. The van der Waals surface area contributed by atoms with Gasteiger partial charge in [-0.25, -0.2) is 4.39 Å². The van der Waals surface area contributed by atoms with Crippen molar-refractivity contribution in [2.24, 2.45) is 0 Å². The van der Waals surface area contributed by atoms with Gasteiger partial charge in [0.05, 0.1) is 13.2 Å². The summed E-state index contributed by atoms with van der Waals surface area (Å²) in [7, 11) is 0. The minimum atomic E-state index is -0.989. The summed E-state index contributed by atoms with van der Waals surface area (Å²) in [6.07, 6.45) is 0. The van der Waals surface area contributed by atoms with Gasteiger partial charge in [0.15, 0.2) is 6.04 Å². The number of aryl methyl sites for hydroxylation is 1. The van der Waals surface area contributed by atoms with Crippen LogP contribution in [-0.2, 0) is 20.9 Å². The van der Waals surface area contributed by atoms with Crippen molar-refractivity contribution in [3.8, 4) is 11.4 Å². The first-order valence-electron chi connectivity index (χ1n) is 12.6. The molecule has 0 spiro atoms. The fourth-order valence-electron chi connectivity index (χ4n) is 4.17. The van der Waals surface area contributed by atoms with E-state index in [4.69, 9.17) is 9.15 Å². The SMILES string of the molecule is Cc1ccc(C(C(=O)NC(C)(C)C)N(CCN2CCOCC2)C(=O)Cn2nnc(-c3ccc(F)cc3)n2)o1. The average Bonchev–Trinajstić information content (AvgIpc) is 3.50. The van der Waals surface area contributed by atoms with Gasteiger partial charge in [0.1, 0.15) is 23.9 Å². The van der Waals surface area contributed by atoms with Gasteiger partial charge < -0.3 is 19.4 Å². The average molecular weight is 528 g/mol. The Morgan fingerprint density at radius 1 is 1.13 bits per heavy atom. The summed E-state index contributed by atoms with van der Waals surface area (Å²) in [5.74, 6) is 0.181. The van der Waals surface area contributed by atoms with Crippen LogP contribution in [0.15, 0.2) is 40.8 Å². The zero-order valence-corrected chi connectivity index (χ0v) is 22.2. The summed E-state index contributed by atoms with van der Waals surface area (Å²) in [6, 6.07) is 8.19. The molecule has 1 N–H and O–H groups in total. The number of nitrogens with one attached hydrogen (secondary N) is 1. The number of aromatic nitrogens is 4. The molecular weight excluding hydrogens is 493 g/mol. The van der Waals surface area contributed by atoms with Crippen molar-refractivity contribution in [1.29, 1.82) is 0 Å². The van der Waals surface area contributed by atoms with Crippen molar-refractivity contribution in [3.63, 3.8) is 0 Å². The number of furan rings is 1. The highest BCUT2D eigenvalue weighted by Crippen LogP contribution is 2.25. The van der Waals surface area contributed by atoms with E-state index in [1.165, 1.54) is 21.8 Å². The molecule has 3 heterocycles. The van der Waals surface area contributed by atoms with Crippen LogP contribution in [0.1, 0.15) is 38.3 Å². The molecular formula is C26H34FN7O4. The lowest BCUT2D eigenvalue weighted by Crippen LogP contribution is -2.52. The first kappa shape index (κ1) is 27.4. The Hall–Kier alpha value is -3.64.